The van der Waals surface area contributed by atoms with Crippen molar-refractivity contribution >= 4 is 40.8 Å². The van der Waals surface area contributed by atoms with Crippen molar-refractivity contribution in [1.29, 1.82) is 0 Å². The molecule has 0 saturated heterocycles. The van der Waals surface area contributed by atoms with Gasteiger partial charge in [0.25, 0.3) is 0 Å². The first-order chi connectivity index (χ1) is 11.1. The topological polar surface area (TPSA) is 73.2 Å². The predicted octanol–water partition coefficient (Wildman–Crippen LogP) is 2.59. The van der Waals surface area contributed by atoms with Gasteiger partial charge in [-0.1, -0.05) is 0 Å². The number of nitrogens with zero attached hydrogens (tertiary/aromatic N) is 2. The Morgan fingerprint density at radius 2 is 2.39 bits per heavy atom. The second-order valence-electron chi connectivity index (χ2n) is 5.11. The third-order valence-corrected chi connectivity index (χ3v) is 5.48. The molecule has 6 nitrogen and oxygen atoms in total. The molecule has 0 aliphatic carbocycles. The number of fused-ring (bicyclic) bond motifs is 1. The summed E-state index contributed by atoms with van der Waals surface area (Å²) >= 11 is 3.20. The van der Waals surface area contributed by atoms with Gasteiger partial charge in [0.1, 0.15) is 12.4 Å². The van der Waals surface area contributed by atoms with E-state index >= 15 is 0 Å². The highest BCUT2D eigenvalue weighted by molar-refractivity contribution is 8.00. The van der Waals surface area contributed by atoms with Crippen molar-refractivity contribution in [3.8, 4) is 0 Å². The van der Waals surface area contributed by atoms with E-state index < -0.39 is 0 Å². The van der Waals surface area contributed by atoms with Crippen molar-refractivity contribution in [2.24, 2.45) is 0 Å². The van der Waals surface area contributed by atoms with Gasteiger partial charge in [0.05, 0.1) is 23.3 Å². The number of hydrogen-bond donors (Lipinski definition) is 1. The molecule has 0 spiro atoms. The molecule has 0 fully saturated rings. The third-order valence-electron chi connectivity index (χ3n) is 3.50. The zero-order chi connectivity index (χ0) is 16.4. The number of amides is 1. The lowest BCUT2D eigenvalue weighted by Crippen LogP contribution is -2.20. The molecule has 1 aliphatic rings. The summed E-state index contributed by atoms with van der Waals surface area (Å²) < 4.78 is 6.52. The van der Waals surface area contributed by atoms with Crippen molar-refractivity contribution in [2.75, 3.05) is 17.7 Å². The van der Waals surface area contributed by atoms with Crippen molar-refractivity contribution in [3.63, 3.8) is 0 Å². The van der Waals surface area contributed by atoms with Gasteiger partial charge in [-0.15, -0.1) is 11.8 Å². The molecule has 3 heterocycles. The molecule has 0 aromatic carbocycles. The lowest BCUT2D eigenvalue weighted by Gasteiger charge is -2.13. The zero-order valence-electron chi connectivity index (χ0n) is 12.9. The maximum Gasteiger partial charge on any atom is 0.327 e. The van der Waals surface area contributed by atoms with Crippen LogP contribution in [0.3, 0.4) is 0 Å². The van der Waals surface area contributed by atoms with Gasteiger partial charge in [-0.05, 0) is 36.2 Å². The molecule has 2 aromatic rings. The number of aryl methyl sites for hydroxylation is 1. The summed E-state index contributed by atoms with van der Waals surface area (Å²) in [5.74, 6) is 0.519. The van der Waals surface area contributed by atoms with Crippen molar-refractivity contribution in [2.45, 2.75) is 25.6 Å². The molecule has 1 amide bonds. The molecular formula is C15H17N3O3S2. The predicted molar refractivity (Wildman–Crippen MR) is 90.8 cm³/mol. The average molecular weight is 351 g/mol. The van der Waals surface area contributed by atoms with Crippen LogP contribution < -0.4 is 5.32 Å². The number of ether oxygens (including phenoxy) is 1. The number of carbonyl (C=O) groups excluding carboxylic acids is 2. The second kappa shape index (κ2) is 6.76. The van der Waals surface area contributed by atoms with Gasteiger partial charge in [0, 0.05) is 5.56 Å². The molecule has 0 unspecified atom stereocenters. The van der Waals surface area contributed by atoms with E-state index in [1.807, 2.05) is 12.3 Å². The van der Waals surface area contributed by atoms with E-state index in [0.29, 0.717) is 18.2 Å². The van der Waals surface area contributed by atoms with Crippen LogP contribution in [0.4, 0.5) is 5.82 Å². The van der Waals surface area contributed by atoms with Crippen LogP contribution in [0.15, 0.2) is 16.8 Å². The Bertz CT molecular complexity index is 725. The molecule has 0 radical (unpaired) electrons. The molecule has 8 heteroatoms. The van der Waals surface area contributed by atoms with E-state index in [4.69, 9.17) is 4.74 Å². The van der Waals surface area contributed by atoms with E-state index in [1.54, 1.807) is 30.0 Å². The van der Waals surface area contributed by atoms with E-state index in [9.17, 15) is 9.59 Å². The SMILES string of the molecule is CCOC(=O)Cn1nc(C)c2c1NC(=O)CS[C@@H]2c1ccsc1. The molecule has 23 heavy (non-hydrogen) atoms. The maximum absolute atomic E-state index is 12.0. The number of rotatable bonds is 4. The molecule has 0 bridgehead atoms. The van der Waals surface area contributed by atoms with Crippen LogP contribution in [-0.2, 0) is 20.9 Å². The van der Waals surface area contributed by atoms with Crippen LogP contribution in [0, 0.1) is 6.92 Å². The maximum atomic E-state index is 12.0. The summed E-state index contributed by atoms with van der Waals surface area (Å²) in [6.45, 7) is 3.97. The Hall–Kier alpha value is -1.80. The van der Waals surface area contributed by atoms with Gasteiger partial charge < -0.3 is 10.1 Å². The first-order valence-corrected chi connectivity index (χ1v) is 9.25. The minimum Gasteiger partial charge on any atom is -0.465 e. The number of thiophene rings is 1. The van der Waals surface area contributed by atoms with Crippen molar-refractivity contribution in [3.05, 3.63) is 33.6 Å². The quantitative estimate of drug-likeness (QED) is 0.857. The Morgan fingerprint density at radius 1 is 1.57 bits per heavy atom. The van der Waals surface area contributed by atoms with Crippen LogP contribution >= 0.6 is 23.1 Å². The lowest BCUT2D eigenvalue weighted by atomic mass is 10.1. The van der Waals surface area contributed by atoms with Gasteiger partial charge in [-0.25, -0.2) is 4.68 Å². The molecule has 2 aromatic heterocycles. The lowest BCUT2D eigenvalue weighted by molar-refractivity contribution is -0.144. The number of carbonyl (C=O) groups is 2. The fraction of sp³-hybridized carbons (Fsp3) is 0.400. The number of anilines is 1. The minimum atomic E-state index is -0.365. The van der Waals surface area contributed by atoms with Crippen LogP contribution in [0.1, 0.15) is 29.0 Å². The van der Waals surface area contributed by atoms with Crippen LogP contribution in [0.25, 0.3) is 0 Å². The highest BCUT2D eigenvalue weighted by Gasteiger charge is 2.30. The summed E-state index contributed by atoms with van der Waals surface area (Å²) in [5, 5.41) is 11.5. The minimum absolute atomic E-state index is 0.00861. The van der Waals surface area contributed by atoms with E-state index in [1.165, 1.54) is 4.68 Å². The Morgan fingerprint density at radius 3 is 3.09 bits per heavy atom. The van der Waals surface area contributed by atoms with Crippen LogP contribution in [0.2, 0.25) is 0 Å². The van der Waals surface area contributed by atoms with Gasteiger partial charge in [-0.3, -0.25) is 9.59 Å². The third kappa shape index (κ3) is 3.28. The zero-order valence-corrected chi connectivity index (χ0v) is 14.5. The summed E-state index contributed by atoms with van der Waals surface area (Å²) in [6.07, 6.45) is 0. The normalized spacial score (nSPS) is 17.3. The highest BCUT2D eigenvalue weighted by Crippen LogP contribution is 2.43. The van der Waals surface area contributed by atoms with Crippen LogP contribution in [0.5, 0.6) is 0 Å². The monoisotopic (exact) mass is 351 g/mol. The smallest absolute Gasteiger partial charge is 0.327 e. The number of nitrogens with one attached hydrogen (secondary N) is 1. The largest absolute Gasteiger partial charge is 0.465 e. The summed E-state index contributed by atoms with van der Waals surface area (Å²) in [7, 11) is 0. The van der Waals surface area contributed by atoms with Gasteiger partial charge in [-0.2, -0.15) is 16.4 Å². The van der Waals surface area contributed by atoms with Crippen LogP contribution in [-0.4, -0.2) is 34.0 Å². The molecule has 1 N–H and O–H groups in total. The number of thioether (sulfide) groups is 1. The fourth-order valence-electron chi connectivity index (χ4n) is 2.58. The molecule has 122 valence electrons. The van der Waals surface area contributed by atoms with Gasteiger partial charge in [0.2, 0.25) is 5.91 Å². The van der Waals surface area contributed by atoms with Crippen molar-refractivity contribution < 1.29 is 14.3 Å². The molecule has 1 aliphatic heterocycles. The Kier molecular flexibility index (Phi) is 4.72. The summed E-state index contributed by atoms with van der Waals surface area (Å²) in [4.78, 5) is 23.8. The van der Waals surface area contributed by atoms with Gasteiger partial charge >= 0.3 is 5.97 Å². The fourth-order valence-corrected chi connectivity index (χ4v) is 4.53. The number of esters is 1. The first-order valence-electron chi connectivity index (χ1n) is 7.26. The highest BCUT2D eigenvalue weighted by atomic mass is 32.2. The Balaban J connectivity index is 2.02. The Labute approximate surface area is 142 Å². The van der Waals surface area contributed by atoms with Crippen molar-refractivity contribution in [1.82, 2.24) is 9.78 Å². The number of aromatic nitrogens is 2. The first kappa shape index (κ1) is 16.1. The average Bonchev–Trinajstić information content (AvgIpc) is 3.07. The standard InChI is InChI=1S/C15H17N3O3S2/c1-3-21-12(20)6-18-15-13(9(2)17-18)14(10-4-5-22-7-10)23-8-11(19)16-15/h4-5,7,14H,3,6,8H2,1-2H3,(H,16,19)/t14-/m1/s1. The van der Waals surface area contributed by atoms with E-state index in [2.05, 4.69) is 21.9 Å². The molecule has 0 saturated carbocycles. The molecule has 3 rings (SSSR count). The second-order valence-corrected chi connectivity index (χ2v) is 6.98. The summed E-state index contributed by atoms with van der Waals surface area (Å²) in [5.41, 5.74) is 2.93. The molecular weight excluding hydrogens is 334 g/mol. The van der Waals surface area contributed by atoms with E-state index in [0.717, 1.165) is 16.8 Å². The van der Waals surface area contributed by atoms with Gasteiger partial charge in [0.15, 0.2) is 0 Å². The number of hydrogen-bond acceptors (Lipinski definition) is 6. The molecule has 1 atom stereocenters. The summed E-state index contributed by atoms with van der Waals surface area (Å²) in [6, 6.07) is 2.06. The van der Waals surface area contributed by atoms with E-state index in [-0.39, 0.29) is 23.7 Å².